The van der Waals surface area contributed by atoms with E-state index in [1.165, 1.54) is 0 Å². The highest BCUT2D eigenvalue weighted by Gasteiger charge is 2.22. The zero-order chi connectivity index (χ0) is 15.1. The van der Waals surface area contributed by atoms with Gasteiger partial charge in [-0.2, -0.15) is 0 Å². The molecule has 2 rings (SSSR count). The number of amides is 1. The van der Waals surface area contributed by atoms with E-state index in [1.807, 2.05) is 24.3 Å². The Morgan fingerprint density at radius 1 is 1.50 bits per heavy atom. The number of carbonyl (C=O) groups is 1. The molecule has 0 spiro atoms. The monoisotopic (exact) mass is 390 g/mol. The Balaban J connectivity index is 0.00000242. The summed E-state index contributed by atoms with van der Waals surface area (Å²) in [5.41, 5.74) is 0. The number of piperidine rings is 1. The number of hydrogen-bond donors (Lipinski definition) is 2. The minimum absolute atomic E-state index is 0. The molecule has 2 unspecified atom stereocenters. The van der Waals surface area contributed by atoms with Gasteiger partial charge in [0.15, 0.2) is 0 Å². The quantitative estimate of drug-likeness (QED) is 0.733. The maximum atomic E-state index is 11.9. The summed E-state index contributed by atoms with van der Waals surface area (Å²) in [6, 6.07) is 8.00. The van der Waals surface area contributed by atoms with E-state index in [0.717, 1.165) is 36.2 Å². The van der Waals surface area contributed by atoms with Crippen molar-refractivity contribution >= 4 is 34.2 Å². The van der Waals surface area contributed by atoms with Crippen LogP contribution in [0.5, 0.6) is 5.75 Å². The van der Waals surface area contributed by atoms with Crippen molar-refractivity contribution in [2.24, 2.45) is 5.92 Å². The van der Waals surface area contributed by atoms with Crippen molar-refractivity contribution in [3.63, 3.8) is 0 Å². The number of hydrogen-bond acceptors (Lipinski definition) is 3. The second kappa shape index (κ2) is 10.1. The first kappa shape index (κ1) is 19.3. The van der Waals surface area contributed by atoms with Crippen molar-refractivity contribution in [1.29, 1.82) is 0 Å². The first-order valence-electron chi connectivity index (χ1n) is 7.53. The van der Waals surface area contributed by atoms with E-state index in [4.69, 9.17) is 4.74 Å². The third-order valence-electron chi connectivity index (χ3n) is 3.79. The number of ether oxygens (including phenoxy) is 1. The lowest BCUT2D eigenvalue weighted by atomic mass is 9.95. The average Bonchev–Trinajstić information content (AvgIpc) is 2.46. The van der Waals surface area contributed by atoms with Gasteiger partial charge in [-0.15, -0.1) is 12.4 Å². The Hall–Kier alpha value is -0.780. The van der Waals surface area contributed by atoms with Gasteiger partial charge in [0, 0.05) is 23.5 Å². The molecule has 1 aliphatic heterocycles. The highest BCUT2D eigenvalue weighted by Crippen LogP contribution is 2.18. The topological polar surface area (TPSA) is 50.4 Å². The largest absolute Gasteiger partial charge is 0.494 e. The fraction of sp³-hybridized carbons (Fsp3) is 0.562. The molecule has 1 aromatic rings. The summed E-state index contributed by atoms with van der Waals surface area (Å²) >= 11 is 3.41. The molecule has 0 radical (unpaired) electrons. The minimum Gasteiger partial charge on any atom is -0.494 e. The molecule has 0 aromatic heterocycles. The molecular weight excluding hydrogens is 368 g/mol. The van der Waals surface area contributed by atoms with Gasteiger partial charge in [0.1, 0.15) is 5.75 Å². The summed E-state index contributed by atoms with van der Waals surface area (Å²) < 4.78 is 6.62. The number of halogens is 2. The van der Waals surface area contributed by atoms with Gasteiger partial charge in [-0.25, -0.2) is 0 Å². The summed E-state index contributed by atoms with van der Waals surface area (Å²) in [5.74, 6) is 1.50. The van der Waals surface area contributed by atoms with Crippen molar-refractivity contribution in [1.82, 2.24) is 10.6 Å². The molecule has 1 saturated heterocycles. The molecule has 1 aliphatic rings. The lowest BCUT2D eigenvalue weighted by molar-refractivity contribution is -0.122. The van der Waals surface area contributed by atoms with Crippen molar-refractivity contribution in [3.8, 4) is 5.75 Å². The Morgan fingerprint density at radius 3 is 3.05 bits per heavy atom. The Bertz CT molecular complexity index is 473. The summed E-state index contributed by atoms with van der Waals surface area (Å²) in [4.78, 5) is 11.9. The lowest BCUT2D eigenvalue weighted by Crippen LogP contribution is -2.50. The van der Waals surface area contributed by atoms with E-state index in [-0.39, 0.29) is 24.4 Å². The van der Waals surface area contributed by atoms with Crippen LogP contribution in [-0.2, 0) is 4.79 Å². The van der Waals surface area contributed by atoms with Crippen LogP contribution in [0, 0.1) is 5.92 Å². The Kier molecular flexibility index (Phi) is 8.83. The predicted molar refractivity (Wildman–Crippen MR) is 94.7 cm³/mol. The van der Waals surface area contributed by atoms with Crippen LogP contribution in [0.2, 0.25) is 0 Å². The van der Waals surface area contributed by atoms with Crippen LogP contribution >= 0.6 is 28.3 Å². The molecule has 0 bridgehead atoms. The molecule has 124 valence electrons. The van der Waals surface area contributed by atoms with Crippen LogP contribution < -0.4 is 15.4 Å². The Labute approximate surface area is 146 Å². The van der Waals surface area contributed by atoms with Crippen LogP contribution in [0.4, 0.5) is 0 Å². The maximum absolute atomic E-state index is 11.9. The van der Waals surface area contributed by atoms with Crippen LogP contribution in [0.1, 0.15) is 26.2 Å². The van der Waals surface area contributed by atoms with Gasteiger partial charge in [0.05, 0.1) is 6.61 Å². The number of carbonyl (C=O) groups excluding carboxylic acids is 1. The molecule has 1 fully saturated rings. The summed E-state index contributed by atoms with van der Waals surface area (Å²) in [5, 5.41) is 6.43. The van der Waals surface area contributed by atoms with Gasteiger partial charge in [-0.3, -0.25) is 4.79 Å². The normalized spacial score (nSPS) is 20.8. The van der Waals surface area contributed by atoms with E-state index in [9.17, 15) is 4.79 Å². The van der Waals surface area contributed by atoms with Gasteiger partial charge in [0.25, 0.3) is 0 Å². The molecule has 1 aromatic carbocycles. The SMILES string of the molecule is CC1CCNCC1NC(=O)CCCOc1cccc(Br)c1.Cl. The standard InChI is InChI=1S/C16H23BrN2O2.ClH/c1-12-7-8-18-11-15(12)19-16(20)6-3-9-21-14-5-2-4-13(17)10-14;/h2,4-5,10,12,15,18H,3,6-9,11H2,1H3,(H,19,20);1H. The van der Waals surface area contributed by atoms with E-state index in [1.54, 1.807) is 0 Å². The fourth-order valence-electron chi connectivity index (χ4n) is 2.44. The van der Waals surface area contributed by atoms with E-state index in [0.29, 0.717) is 18.9 Å². The summed E-state index contributed by atoms with van der Waals surface area (Å²) in [6.07, 6.45) is 2.36. The molecule has 6 heteroatoms. The predicted octanol–water partition coefficient (Wildman–Crippen LogP) is 3.14. The molecule has 2 atom stereocenters. The highest BCUT2D eigenvalue weighted by atomic mass is 79.9. The summed E-state index contributed by atoms with van der Waals surface area (Å²) in [7, 11) is 0. The third kappa shape index (κ3) is 6.55. The van der Waals surface area contributed by atoms with Crippen LogP contribution in [0.15, 0.2) is 28.7 Å². The van der Waals surface area contributed by atoms with Crippen LogP contribution in [0.25, 0.3) is 0 Å². The fourth-order valence-corrected chi connectivity index (χ4v) is 2.82. The van der Waals surface area contributed by atoms with Crippen LogP contribution in [-0.4, -0.2) is 31.6 Å². The zero-order valence-corrected chi connectivity index (χ0v) is 15.2. The molecule has 0 saturated carbocycles. The molecule has 22 heavy (non-hydrogen) atoms. The molecular formula is C16H24BrClN2O2. The van der Waals surface area contributed by atoms with E-state index < -0.39 is 0 Å². The van der Waals surface area contributed by atoms with Crippen LogP contribution in [0.3, 0.4) is 0 Å². The van der Waals surface area contributed by atoms with Gasteiger partial charge in [0.2, 0.25) is 5.91 Å². The lowest BCUT2D eigenvalue weighted by Gasteiger charge is -2.30. The molecule has 1 amide bonds. The second-order valence-electron chi connectivity index (χ2n) is 5.55. The van der Waals surface area contributed by atoms with Gasteiger partial charge in [-0.1, -0.05) is 28.9 Å². The van der Waals surface area contributed by atoms with Crippen molar-refractivity contribution in [3.05, 3.63) is 28.7 Å². The molecule has 2 N–H and O–H groups in total. The minimum atomic E-state index is 0. The van der Waals surface area contributed by atoms with Gasteiger partial charge >= 0.3 is 0 Å². The molecule has 4 nitrogen and oxygen atoms in total. The highest BCUT2D eigenvalue weighted by molar-refractivity contribution is 9.10. The third-order valence-corrected chi connectivity index (χ3v) is 4.28. The van der Waals surface area contributed by atoms with Gasteiger partial charge in [-0.05, 0) is 43.5 Å². The number of rotatable bonds is 6. The van der Waals surface area contributed by atoms with E-state index in [2.05, 4.69) is 33.5 Å². The van der Waals surface area contributed by atoms with Crippen molar-refractivity contribution in [2.45, 2.75) is 32.2 Å². The number of benzene rings is 1. The van der Waals surface area contributed by atoms with Crippen molar-refractivity contribution < 1.29 is 9.53 Å². The summed E-state index contributed by atoms with van der Waals surface area (Å²) in [6.45, 7) is 4.68. The van der Waals surface area contributed by atoms with Crippen molar-refractivity contribution in [2.75, 3.05) is 19.7 Å². The zero-order valence-electron chi connectivity index (χ0n) is 12.8. The second-order valence-corrected chi connectivity index (χ2v) is 6.47. The first-order chi connectivity index (χ1) is 10.1. The number of nitrogens with one attached hydrogen (secondary N) is 2. The smallest absolute Gasteiger partial charge is 0.220 e. The van der Waals surface area contributed by atoms with E-state index >= 15 is 0 Å². The Morgan fingerprint density at radius 2 is 2.32 bits per heavy atom. The average molecular weight is 392 g/mol. The first-order valence-corrected chi connectivity index (χ1v) is 8.33. The van der Waals surface area contributed by atoms with Gasteiger partial charge < -0.3 is 15.4 Å². The maximum Gasteiger partial charge on any atom is 0.220 e. The molecule has 1 heterocycles. The molecule has 0 aliphatic carbocycles.